The number of hydrogen-bond donors (Lipinski definition) is 2. The first-order chi connectivity index (χ1) is 22.6. The number of aromatic carboxylic acids is 1. The number of methoxy groups -OCH3 is 1. The number of allylic oxidation sites excluding steroid dienone is 1. The number of carbonyl (C=O) groups excluding carboxylic acids is 1. The van der Waals surface area contributed by atoms with E-state index in [1.807, 2.05) is 22.9 Å². The molecular formula is C36H40N4O6S. The van der Waals surface area contributed by atoms with Crippen molar-refractivity contribution in [3.8, 4) is 17.0 Å². The maximum Gasteiger partial charge on any atom is 0.339 e. The number of aromatic nitrogens is 3. The lowest BCUT2D eigenvalue weighted by molar-refractivity contribution is 0.0695. The van der Waals surface area contributed by atoms with Gasteiger partial charge in [0.1, 0.15) is 11.3 Å². The van der Waals surface area contributed by atoms with E-state index in [4.69, 9.17) is 4.74 Å². The Bertz CT molecular complexity index is 2040. The minimum Gasteiger partial charge on any atom is -0.497 e. The third kappa shape index (κ3) is 5.44. The van der Waals surface area contributed by atoms with E-state index < -0.39 is 27.1 Å². The van der Waals surface area contributed by atoms with Crippen molar-refractivity contribution >= 4 is 44.5 Å². The number of nitrogens with one attached hydrogen (secondary N) is 1. The van der Waals surface area contributed by atoms with Crippen LogP contribution < -0.4 is 9.46 Å². The average molecular weight is 657 g/mol. The van der Waals surface area contributed by atoms with Crippen LogP contribution in [0.15, 0.2) is 42.6 Å². The van der Waals surface area contributed by atoms with Gasteiger partial charge in [-0.15, -0.1) is 0 Å². The molecule has 0 bridgehead atoms. The zero-order chi connectivity index (χ0) is 33.0. The monoisotopic (exact) mass is 656 g/mol. The van der Waals surface area contributed by atoms with Gasteiger partial charge in [-0.05, 0) is 105 Å². The van der Waals surface area contributed by atoms with Crippen molar-refractivity contribution in [2.24, 2.45) is 0 Å². The van der Waals surface area contributed by atoms with E-state index >= 15 is 0 Å². The van der Waals surface area contributed by atoms with E-state index in [-0.39, 0.29) is 17.2 Å². The molecule has 2 aromatic heterocycles. The number of carboxylic acid groups (broad SMARTS) is 1. The van der Waals surface area contributed by atoms with E-state index in [2.05, 4.69) is 26.5 Å². The smallest absolute Gasteiger partial charge is 0.339 e. The van der Waals surface area contributed by atoms with Gasteiger partial charge in [-0.25, -0.2) is 17.9 Å². The molecule has 0 spiro atoms. The second-order valence-electron chi connectivity index (χ2n) is 13.3. The number of sulfonamides is 1. The van der Waals surface area contributed by atoms with Crippen LogP contribution in [0.4, 0.5) is 0 Å². The molecule has 1 aliphatic heterocycles. The number of ether oxygens (including phenoxy) is 1. The number of carboxylic acids is 1. The van der Waals surface area contributed by atoms with Crippen LogP contribution in [0.25, 0.3) is 33.8 Å². The summed E-state index contributed by atoms with van der Waals surface area (Å²) in [4.78, 5) is 25.9. The molecule has 10 nitrogen and oxygen atoms in total. The highest BCUT2D eigenvalue weighted by molar-refractivity contribution is 7.90. The molecule has 11 heteroatoms. The van der Waals surface area contributed by atoms with E-state index in [0.717, 1.165) is 78.2 Å². The van der Waals surface area contributed by atoms with Gasteiger partial charge >= 0.3 is 5.97 Å². The van der Waals surface area contributed by atoms with Crippen molar-refractivity contribution in [2.75, 3.05) is 7.11 Å². The summed E-state index contributed by atoms with van der Waals surface area (Å²) in [7, 11) is -2.20. The average Bonchev–Trinajstić information content (AvgIpc) is 3.54. The van der Waals surface area contributed by atoms with Gasteiger partial charge < -0.3 is 14.4 Å². The Morgan fingerprint density at radius 1 is 1.00 bits per heavy atom. The summed E-state index contributed by atoms with van der Waals surface area (Å²) in [5, 5.41) is 15.1. The zero-order valence-corrected chi connectivity index (χ0v) is 27.8. The predicted octanol–water partition coefficient (Wildman–Crippen LogP) is 7.01. The minimum atomic E-state index is -3.83. The first kappa shape index (κ1) is 31.2. The highest BCUT2D eigenvalue weighted by atomic mass is 32.2. The minimum absolute atomic E-state index is 0.129. The maximum absolute atomic E-state index is 13.3. The van der Waals surface area contributed by atoms with Gasteiger partial charge in [0.25, 0.3) is 5.91 Å². The lowest BCUT2D eigenvalue weighted by Crippen LogP contribution is -2.35. The molecule has 2 saturated carbocycles. The molecule has 3 aliphatic rings. The number of nitrogens with zero attached hydrogens (tertiary/aromatic N) is 3. The quantitative estimate of drug-likeness (QED) is 0.209. The third-order valence-electron chi connectivity index (χ3n) is 10.2. The molecule has 2 N–H and O–H groups in total. The van der Waals surface area contributed by atoms with Gasteiger partial charge in [0, 0.05) is 22.0 Å². The van der Waals surface area contributed by atoms with Crippen molar-refractivity contribution in [3.63, 3.8) is 0 Å². The Balaban J connectivity index is 1.49. The van der Waals surface area contributed by atoms with Gasteiger partial charge in [0.05, 0.1) is 42.5 Å². The molecule has 0 saturated heterocycles. The fraction of sp³-hybridized carbons (Fsp3) is 0.417. The molecule has 0 unspecified atom stereocenters. The van der Waals surface area contributed by atoms with Gasteiger partial charge in [-0.2, -0.15) is 5.10 Å². The van der Waals surface area contributed by atoms with Gasteiger partial charge in [0.2, 0.25) is 10.0 Å². The van der Waals surface area contributed by atoms with E-state index in [1.165, 1.54) is 32.0 Å². The van der Waals surface area contributed by atoms with Crippen LogP contribution in [0.3, 0.4) is 0 Å². The normalized spacial score (nSPS) is 17.1. The largest absolute Gasteiger partial charge is 0.497 e. The van der Waals surface area contributed by atoms with E-state index in [1.54, 1.807) is 19.2 Å². The molecule has 2 aromatic carbocycles. The zero-order valence-electron chi connectivity index (χ0n) is 27.0. The molecule has 3 heterocycles. The lowest BCUT2D eigenvalue weighted by atomic mass is 9.81. The third-order valence-corrected chi connectivity index (χ3v) is 11.9. The van der Waals surface area contributed by atoms with Crippen LogP contribution in [0.5, 0.6) is 5.75 Å². The van der Waals surface area contributed by atoms with Crippen LogP contribution in [0.2, 0.25) is 0 Å². The molecular weight excluding hydrogens is 616 g/mol. The Labute approximate surface area is 274 Å². The van der Waals surface area contributed by atoms with Crippen LogP contribution >= 0.6 is 0 Å². The maximum atomic E-state index is 13.3. The summed E-state index contributed by atoms with van der Waals surface area (Å²) < 4.78 is 37.2. The summed E-state index contributed by atoms with van der Waals surface area (Å²) >= 11 is 0. The number of hydrogen-bond acceptors (Lipinski definition) is 6. The van der Waals surface area contributed by atoms with E-state index in [9.17, 15) is 23.1 Å². The Kier molecular flexibility index (Phi) is 7.98. The number of fused-ring (bicyclic) bond motifs is 5. The molecule has 2 aliphatic carbocycles. The topological polar surface area (TPSA) is 133 Å². The molecule has 246 valence electrons. The number of rotatable bonds is 8. The summed E-state index contributed by atoms with van der Waals surface area (Å²) in [5.41, 5.74) is 6.74. The van der Waals surface area contributed by atoms with Crippen LogP contribution in [0.1, 0.15) is 115 Å². The van der Waals surface area contributed by atoms with Gasteiger partial charge in [0.15, 0.2) is 0 Å². The van der Waals surface area contributed by atoms with Crippen LogP contribution in [0, 0.1) is 0 Å². The first-order valence-electron chi connectivity index (χ1n) is 16.5. The van der Waals surface area contributed by atoms with Crippen molar-refractivity contribution in [1.29, 1.82) is 0 Å². The Morgan fingerprint density at radius 3 is 2.43 bits per heavy atom. The van der Waals surface area contributed by atoms with Crippen molar-refractivity contribution in [3.05, 3.63) is 70.5 Å². The standard InChI is InChI=1S/C36H40N4O6S/c1-21(2)47(44,45)38-35(41)23-12-14-29-31(18-23)39-20-25(33-30(36(42)43)19-37-40(33)26-10-7-11-26)16-24-17-27(46-3)13-15-28(24)34(39)32(29)22-8-5-4-6-9-22/h12-19,21-22,26H,4-11,20H2,1-3H3,(H,38,41)(H,42,43). The van der Waals surface area contributed by atoms with Crippen molar-refractivity contribution in [1.82, 2.24) is 19.1 Å². The van der Waals surface area contributed by atoms with Crippen LogP contribution in [-0.4, -0.2) is 52.1 Å². The van der Waals surface area contributed by atoms with Gasteiger partial charge in [-0.1, -0.05) is 25.3 Å². The summed E-state index contributed by atoms with van der Waals surface area (Å²) in [6.07, 6.45) is 12.0. The number of amides is 1. The number of benzene rings is 2. The molecule has 0 radical (unpaired) electrons. The Hall–Kier alpha value is -4.38. The molecule has 7 rings (SSSR count). The highest BCUT2D eigenvalue weighted by Crippen LogP contribution is 2.48. The number of carbonyl (C=O) groups is 2. The first-order valence-corrected chi connectivity index (χ1v) is 18.0. The summed E-state index contributed by atoms with van der Waals surface area (Å²) in [5.74, 6) is -0.719. The lowest BCUT2D eigenvalue weighted by Gasteiger charge is -2.28. The molecule has 4 aromatic rings. The van der Waals surface area contributed by atoms with Crippen molar-refractivity contribution in [2.45, 2.75) is 89.0 Å². The summed E-state index contributed by atoms with van der Waals surface area (Å²) in [6.45, 7) is 3.40. The fourth-order valence-corrected chi connectivity index (χ4v) is 7.99. The SMILES string of the molecule is COc1ccc2c(c1)C=C(c1c(C(=O)O)cnn1C1CCC1)Cn1c-2c(C2CCCCC2)c2ccc(C(=O)NS(=O)(=O)C(C)C)cc21. The Morgan fingerprint density at radius 2 is 1.77 bits per heavy atom. The van der Waals surface area contributed by atoms with E-state index in [0.29, 0.717) is 23.9 Å². The molecule has 47 heavy (non-hydrogen) atoms. The van der Waals surface area contributed by atoms with Gasteiger partial charge in [-0.3, -0.25) is 9.48 Å². The molecule has 0 atom stereocenters. The fourth-order valence-electron chi connectivity index (χ4n) is 7.38. The van der Waals surface area contributed by atoms with Crippen molar-refractivity contribution < 1.29 is 27.9 Å². The predicted molar refractivity (Wildman–Crippen MR) is 181 cm³/mol. The summed E-state index contributed by atoms with van der Waals surface area (Å²) in [6, 6.07) is 11.6. The second-order valence-corrected chi connectivity index (χ2v) is 15.5. The molecule has 1 amide bonds. The highest BCUT2D eigenvalue weighted by Gasteiger charge is 2.33. The molecule has 2 fully saturated rings. The van der Waals surface area contributed by atoms with Crippen LogP contribution in [-0.2, 0) is 16.6 Å². The second kappa shape index (κ2) is 12.0.